The molecule has 0 aliphatic rings. The lowest BCUT2D eigenvalue weighted by Crippen LogP contribution is -2.29. The van der Waals surface area contributed by atoms with Crippen LogP contribution in [-0.4, -0.2) is 23.2 Å². The van der Waals surface area contributed by atoms with E-state index in [1.165, 1.54) is 0 Å². The third-order valence-corrected chi connectivity index (χ3v) is 2.45. The fourth-order valence-corrected chi connectivity index (χ4v) is 1.45. The summed E-state index contributed by atoms with van der Waals surface area (Å²) < 4.78 is 0. The van der Waals surface area contributed by atoms with Crippen molar-refractivity contribution in [2.75, 3.05) is 13.1 Å². The van der Waals surface area contributed by atoms with Crippen LogP contribution >= 0.6 is 11.8 Å². The van der Waals surface area contributed by atoms with Crippen LogP contribution in [0.5, 0.6) is 0 Å². The maximum absolute atomic E-state index is 11.4. The van der Waals surface area contributed by atoms with Gasteiger partial charge in [-0.3, -0.25) is 4.79 Å². The van der Waals surface area contributed by atoms with E-state index in [1.54, 1.807) is 0 Å². The monoisotopic (exact) mass is 202 g/mol. The molecule has 13 heavy (non-hydrogen) atoms. The highest BCUT2D eigenvalue weighted by Crippen LogP contribution is 2.09. The summed E-state index contributed by atoms with van der Waals surface area (Å²) in [7, 11) is 0. The van der Waals surface area contributed by atoms with Crippen LogP contribution in [0.3, 0.4) is 0 Å². The Morgan fingerprint density at radius 3 is 2.00 bits per heavy atom. The van der Waals surface area contributed by atoms with Crippen LogP contribution in [0.25, 0.3) is 0 Å². The summed E-state index contributed by atoms with van der Waals surface area (Å²) in [5.41, 5.74) is 0. The van der Waals surface area contributed by atoms with Crippen molar-refractivity contribution in [1.82, 2.24) is 4.90 Å². The Hall–Kier alpha value is -0.180. The molecule has 0 fully saturated rings. The molecule has 3 heteroatoms. The van der Waals surface area contributed by atoms with Crippen molar-refractivity contribution in [2.24, 2.45) is 0 Å². The summed E-state index contributed by atoms with van der Waals surface area (Å²) in [6.07, 6.45) is 8.01. The predicted octanol–water partition coefficient (Wildman–Crippen LogP) is 3.53. The molecular formula is C10H20NOS. The maximum Gasteiger partial charge on any atom is 0.281 e. The van der Waals surface area contributed by atoms with Crippen molar-refractivity contribution in [2.45, 2.75) is 39.5 Å². The molecule has 0 rings (SSSR count). The van der Waals surface area contributed by atoms with Crippen molar-refractivity contribution < 1.29 is 4.79 Å². The van der Waals surface area contributed by atoms with E-state index in [0.29, 0.717) is 0 Å². The normalized spacial score (nSPS) is 10.1. The van der Waals surface area contributed by atoms with Crippen LogP contribution in [0.4, 0.5) is 4.79 Å². The minimum atomic E-state index is 0.113. The first-order valence-electron chi connectivity index (χ1n) is 4.97. The van der Waals surface area contributed by atoms with Crippen molar-refractivity contribution >= 4 is 17.0 Å². The third-order valence-electron chi connectivity index (χ3n) is 1.94. The minimum Gasteiger partial charge on any atom is -0.334 e. The first kappa shape index (κ1) is 12.8. The highest BCUT2D eigenvalue weighted by Gasteiger charge is 2.09. The Kier molecular flexibility index (Phi) is 8.30. The Labute approximate surface area is 86.1 Å². The van der Waals surface area contributed by atoms with E-state index in [-0.39, 0.29) is 5.24 Å². The van der Waals surface area contributed by atoms with Crippen LogP contribution in [0.1, 0.15) is 39.5 Å². The highest BCUT2D eigenvalue weighted by molar-refractivity contribution is 8.14. The standard InChI is InChI=1S/C10H20NOS/c1-4-6-8-11(9-7-5-2)10(12)13-3/h3-9H2,1-2H3. The molecule has 1 radical (unpaired) electrons. The molecule has 77 valence electrons. The van der Waals surface area contributed by atoms with Crippen molar-refractivity contribution in [3.63, 3.8) is 0 Å². The lowest BCUT2D eigenvalue weighted by molar-refractivity contribution is 0.221. The van der Waals surface area contributed by atoms with E-state index in [9.17, 15) is 4.79 Å². The van der Waals surface area contributed by atoms with Gasteiger partial charge in [0.25, 0.3) is 5.24 Å². The number of nitrogens with zero attached hydrogens (tertiary/aromatic N) is 1. The van der Waals surface area contributed by atoms with Crippen molar-refractivity contribution in [3.8, 4) is 0 Å². The molecule has 0 aliphatic carbocycles. The number of hydrogen-bond acceptors (Lipinski definition) is 2. The summed E-state index contributed by atoms with van der Waals surface area (Å²) in [6, 6.07) is 0. The van der Waals surface area contributed by atoms with Gasteiger partial charge in [-0.15, -0.1) is 0 Å². The summed E-state index contributed by atoms with van der Waals surface area (Å²) >= 11 is 1.07. The molecule has 0 saturated carbocycles. The Balaban J connectivity index is 3.79. The second-order valence-electron chi connectivity index (χ2n) is 3.10. The van der Waals surface area contributed by atoms with Gasteiger partial charge in [0, 0.05) is 19.3 Å². The number of rotatable bonds is 6. The summed E-state index contributed by atoms with van der Waals surface area (Å²) in [5.74, 6) is 0. The van der Waals surface area contributed by atoms with Gasteiger partial charge in [0.2, 0.25) is 0 Å². The smallest absolute Gasteiger partial charge is 0.281 e. The second-order valence-corrected chi connectivity index (χ2v) is 3.74. The third kappa shape index (κ3) is 5.97. The molecule has 0 spiro atoms. The maximum atomic E-state index is 11.4. The zero-order valence-corrected chi connectivity index (χ0v) is 9.53. The minimum absolute atomic E-state index is 0.113. The van der Waals surface area contributed by atoms with Gasteiger partial charge < -0.3 is 4.90 Å². The zero-order chi connectivity index (χ0) is 10.1. The molecule has 0 aromatic carbocycles. The van der Waals surface area contributed by atoms with Gasteiger partial charge in [-0.05, 0) is 12.8 Å². The fourth-order valence-electron chi connectivity index (χ4n) is 1.08. The zero-order valence-electron chi connectivity index (χ0n) is 8.71. The van der Waals surface area contributed by atoms with Crippen LogP contribution in [-0.2, 0) is 0 Å². The van der Waals surface area contributed by atoms with Crippen LogP contribution < -0.4 is 0 Å². The summed E-state index contributed by atoms with van der Waals surface area (Å²) in [4.78, 5) is 13.3. The van der Waals surface area contributed by atoms with Crippen LogP contribution in [0.2, 0.25) is 0 Å². The van der Waals surface area contributed by atoms with Gasteiger partial charge in [-0.1, -0.05) is 38.5 Å². The van der Waals surface area contributed by atoms with E-state index < -0.39 is 0 Å². The summed E-state index contributed by atoms with van der Waals surface area (Å²) in [5, 5.41) is 0.113. The average Bonchev–Trinajstić information content (AvgIpc) is 2.17. The number of carbonyl (C=O) groups excluding carboxylic acids is 1. The topological polar surface area (TPSA) is 20.3 Å². The van der Waals surface area contributed by atoms with E-state index in [1.807, 2.05) is 4.90 Å². The molecule has 0 N–H and O–H groups in total. The largest absolute Gasteiger partial charge is 0.334 e. The predicted molar refractivity (Wildman–Crippen MR) is 59.7 cm³/mol. The average molecular weight is 202 g/mol. The Morgan fingerprint density at radius 1 is 1.23 bits per heavy atom. The van der Waals surface area contributed by atoms with Crippen LogP contribution in [0, 0.1) is 6.26 Å². The van der Waals surface area contributed by atoms with Crippen molar-refractivity contribution in [1.29, 1.82) is 0 Å². The van der Waals surface area contributed by atoms with Gasteiger partial charge in [0.1, 0.15) is 0 Å². The van der Waals surface area contributed by atoms with Gasteiger partial charge in [0.15, 0.2) is 0 Å². The quantitative estimate of drug-likeness (QED) is 0.656. The first-order chi connectivity index (χ1) is 6.26. The van der Waals surface area contributed by atoms with Crippen LogP contribution in [0.15, 0.2) is 0 Å². The number of amides is 1. The van der Waals surface area contributed by atoms with Gasteiger partial charge >= 0.3 is 0 Å². The van der Waals surface area contributed by atoms with E-state index >= 15 is 0 Å². The van der Waals surface area contributed by atoms with Gasteiger partial charge in [-0.25, -0.2) is 0 Å². The molecular weight excluding hydrogens is 182 g/mol. The molecule has 0 saturated heterocycles. The number of thioether (sulfide) groups is 1. The van der Waals surface area contributed by atoms with Crippen molar-refractivity contribution in [3.05, 3.63) is 6.26 Å². The Bertz CT molecular complexity index is 131. The van der Waals surface area contributed by atoms with E-state index in [0.717, 1.165) is 50.5 Å². The lowest BCUT2D eigenvalue weighted by Gasteiger charge is -2.20. The fraction of sp³-hybridized carbons (Fsp3) is 0.800. The molecule has 1 amide bonds. The number of hydrogen-bond donors (Lipinski definition) is 0. The van der Waals surface area contributed by atoms with Gasteiger partial charge in [0.05, 0.1) is 0 Å². The Morgan fingerprint density at radius 2 is 1.69 bits per heavy atom. The molecule has 0 unspecified atom stereocenters. The molecule has 2 nitrogen and oxygen atoms in total. The number of unbranched alkanes of at least 4 members (excludes halogenated alkanes) is 2. The molecule has 0 aliphatic heterocycles. The van der Waals surface area contributed by atoms with E-state index in [2.05, 4.69) is 20.1 Å². The molecule has 0 heterocycles. The highest BCUT2D eigenvalue weighted by atomic mass is 32.2. The second kappa shape index (κ2) is 8.42. The molecule has 0 bridgehead atoms. The van der Waals surface area contributed by atoms with E-state index in [4.69, 9.17) is 0 Å². The lowest BCUT2D eigenvalue weighted by atomic mass is 10.3. The number of carbonyl (C=O) groups is 1. The first-order valence-corrected chi connectivity index (χ1v) is 5.95. The molecule has 0 atom stereocenters. The molecule has 0 aromatic rings. The summed E-state index contributed by atoms with van der Waals surface area (Å²) in [6.45, 7) is 6.05. The molecule has 0 aromatic heterocycles. The SMILES string of the molecule is [CH2]SC(=O)N(CCCC)CCCC. The van der Waals surface area contributed by atoms with Gasteiger partial charge in [-0.2, -0.15) is 0 Å².